The highest BCUT2D eigenvalue weighted by Gasteiger charge is 2.15. The lowest BCUT2D eigenvalue weighted by molar-refractivity contribution is -0.136. The second-order valence-electron chi connectivity index (χ2n) is 5.52. The number of hydrazone groups is 1. The summed E-state index contributed by atoms with van der Waals surface area (Å²) in [5.74, 6) is -0.495. The Balaban J connectivity index is 2.06. The van der Waals surface area contributed by atoms with E-state index in [0.717, 1.165) is 0 Å². The van der Waals surface area contributed by atoms with Gasteiger partial charge in [0.25, 0.3) is 0 Å². The number of methoxy groups -OCH3 is 3. The van der Waals surface area contributed by atoms with Gasteiger partial charge in [0.1, 0.15) is 0 Å². The second kappa shape index (κ2) is 9.61. The van der Waals surface area contributed by atoms with E-state index in [1.165, 1.54) is 27.5 Å². The average molecular weight is 406 g/mol. The number of amides is 2. The first-order chi connectivity index (χ1) is 13.4. The van der Waals surface area contributed by atoms with Crippen LogP contribution in [0.15, 0.2) is 35.4 Å². The van der Waals surface area contributed by atoms with Crippen molar-refractivity contribution in [3.63, 3.8) is 0 Å². The summed E-state index contributed by atoms with van der Waals surface area (Å²) in [7, 11) is 4.47. The van der Waals surface area contributed by atoms with E-state index >= 15 is 0 Å². The third-order valence-electron chi connectivity index (χ3n) is 3.79. The number of hydrogen-bond donors (Lipinski definition) is 2. The molecule has 2 aromatic carbocycles. The number of carbonyl (C=O) groups is 2. The van der Waals surface area contributed by atoms with Crippen molar-refractivity contribution < 1.29 is 23.8 Å². The molecule has 0 bridgehead atoms. The van der Waals surface area contributed by atoms with Crippen LogP contribution in [0.5, 0.6) is 17.2 Å². The smallest absolute Gasteiger partial charge is 0.329 e. The van der Waals surface area contributed by atoms with Crippen LogP contribution in [0.1, 0.15) is 11.1 Å². The summed E-state index contributed by atoms with van der Waals surface area (Å²) in [6.07, 6.45) is 1.35. The first kappa shape index (κ1) is 21.0. The molecule has 2 N–H and O–H groups in total. The summed E-state index contributed by atoms with van der Waals surface area (Å²) in [5.41, 5.74) is 3.84. The highest BCUT2D eigenvalue weighted by Crippen LogP contribution is 2.37. The molecule has 9 heteroatoms. The molecule has 148 valence electrons. The summed E-state index contributed by atoms with van der Waals surface area (Å²) in [6.45, 7) is 1.73. The van der Waals surface area contributed by atoms with E-state index in [9.17, 15) is 9.59 Å². The van der Waals surface area contributed by atoms with Gasteiger partial charge in [-0.05, 0) is 36.8 Å². The minimum Gasteiger partial charge on any atom is -0.493 e. The molecule has 0 unspecified atom stereocenters. The van der Waals surface area contributed by atoms with Gasteiger partial charge in [0.05, 0.1) is 27.5 Å². The molecule has 0 aliphatic heterocycles. The van der Waals surface area contributed by atoms with Crippen LogP contribution in [0.25, 0.3) is 0 Å². The van der Waals surface area contributed by atoms with Crippen molar-refractivity contribution in [3.05, 3.63) is 46.5 Å². The Kier molecular flexibility index (Phi) is 7.22. The minimum atomic E-state index is -0.928. The number of halogens is 1. The molecule has 0 saturated heterocycles. The highest BCUT2D eigenvalue weighted by molar-refractivity contribution is 6.40. The molecule has 2 amide bonds. The van der Waals surface area contributed by atoms with Gasteiger partial charge in [0, 0.05) is 16.3 Å². The Morgan fingerprint density at radius 2 is 1.68 bits per heavy atom. The molecule has 0 radical (unpaired) electrons. The lowest BCUT2D eigenvalue weighted by atomic mass is 10.2. The largest absolute Gasteiger partial charge is 0.493 e. The molecule has 0 fully saturated rings. The van der Waals surface area contributed by atoms with Crippen LogP contribution in [0.3, 0.4) is 0 Å². The van der Waals surface area contributed by atoms with Crippen molar-refractivity contribution in [2.24, 2.45) is 5.10 Å². The topological polar surface area (TPSA) is 98.2 Å². The zero-order valence-corrected chi connectivity index (χ0v) is 16.6. The summed E-state index contributed by atoms with van der Waals surface area (Å²) >= 11 is 5.99. The fourth-order valence-corrected chi connectivity index (χ4v) is 2.49. The van der Waals surface area contributed by atoms with Gasteiger partial charge in [-0.2, -0.15) is 5.10 Å². The van der Waals surface area contributed by atoms with E-state index in [2.05, 4.69) is 15.8 Å². The Bertz CT molecular complexity index is 889. The van der Waals surface area contributed by atoms with Gasteiger partial charge in [0.2, 0.25) is 5.75 Å². The lowest BCUT2D eigenvalue weighted by Crippen LogP contribution is -2.32. The molecular formula is C19H20ClN3O5. The summed E-state index contributed by atoms with van der Waals surface area (Å²) in [6, 6.07) is 8.30. The quantitative estimate of drug-likeness (QED) is 0.437. The molecule has 0 aliphatic carbocycles. The number of rotatable bonds is 6. The van der Waals surface area contributed by atoms with Crippen LogP contribution in [0.2, 0.25) is 5.02 Å². The Morgan fingerprint density at radius 1 is 1.04 bits per heavy atom. The van der Waals surface area contributed by atoms with Crippen LogP contribution in [-0.2, 0) is 9.59 Å². The van der Waals surface area contributed by atoms with Gasteiger partial charge in [-0.3, -0.25) is 9.59 Å². The van der Waals surface area contributed by atoms with Gasteiger partial charge >= 0.3 is 11.8 Å². The van der Waals surface area contributed by atoms with Crippen LogP contribution in [-0.4, -0.2) is 39.4 Å². The van der Waals surface area contributed by atoms with Gasteiger partial charge in [-0.25, -0.2) is 5.43 Å². The highest BCUT2D eigenvalue weighted by atomic mass is 35.5. The number of carbonyl (C=O) groups excluding carboxylic acids is 2. The molecule has 0 atom stereocenters. The van der Waals surface area contributed by atoms with Crippen molar-refractivity contribution in [2.75, 3.05) is 26.6 Å². The molecule has 0 spiro atoms. The Morgan fingerprint density at radius 3 is 2.25 bits per heavy atom. The number of anilines is 1. The standard InChI is InChI=1S/C19H20ClN3O5/c1-11-13(20)6-5-7-14(11)22-18(24)19(25)23-21-10-12-8-15(26-2)17(28-4)16(9-12)27-3/h5-10H,1-4H3,(H,22,24)(H,23,25)/b21-10-. The third kappa shape index (κ3) is 4.92. The van der Waals surface area contributed by atoms with Crippen LogP contribution in [0.4, 0.5) is 5.69 Å². The van der Waals surface area contributed by atoms with Crippen molar-refractivity contribution in [1.82, 2.24) is 5.43 Å². The number of hydrogen-bond acceptors (Lipinski definition) is 6. The van der Waals surface area contributed by atoms with Crippen LogP contribution in [0, 0.1) is 6.92 Å². The van der Waals surface area contributed by atoms with Crippen LogP contribution < -0.4 is 25.0 Å². The first-order valence-electron chi connectivity index (χ1n) is 8.10. The molecule has 0 aromatic heterocycles. The maximum atomic E-state index is 12.0. The molecule has 0 heterocycles. The second-order valence-corrected chi connectivity index (χ2v) is 5.93. The van der Waals surface area contributed by atoms with E-state index in [1.54, 1.807) is 37.3 Å². The predicted molar refractivity (Wildman–Crippen MR) is 107 cm³/mol. The average Bonchev–Trinajstić information content (AvgIpc) is 2.70. The zero-order valence-electron chi connectivity index (χ0n) is 15.8. The first-order valence-corrected chi connectivity index (χ1v) is 8.48. The van der Waals surface area contributed by atoms with Crippen molar-refractivity contribution in [2.45, 2.75) is 6.92 Å². The van der Waals surface area contributed by atoms with E-state index < -0.39 is 11.8 Å². The number of ether oxygens (including phenoxy) is 3. The van der Waals surface area contributed by atoms with Gasteiger partial charge in [-0.15, -0.1) is 0 Å². The Hall–Kier alpha value is -3.26. The maximum Gasteiger partial charge on any atom is 0.329 e. The van der Waals surface area contributed by atoms with Crippen molar-refractivity contribution in [1.29, 1.82) is 0 Å². The van der Waals surface area contributed by atoms with Gasteiger partial charge in [-0.1, -0.05) is 17.7 Å². The van der Waals surface area contributed by atoms with E-state index in [1.807, 2.05) is 0 Å². The van der Waals surface area contributed by atoms with Crippen molar-refractivity contribution in [3.8, 4) is 17.2 Å². The third-order valence-corrected chi connectivity index (χ3v) is 4.20. The maximum absolute atomic E-state index is 12.0. The Labute approximate surface area is 167 Å². The lowest BCUT2D eigenvalue weighted by Gasteiger charge is -2.12. The number of nitrogens with one attached hydrogen (secondary N) is 2. The summed E-state index contributed by atoms with van der Waals surface area (Å²) in [5, 5.41) is 6.76. The van der Waals surface area contributed by atoms with Gasteiger partial charge in [0.15, 0.2) is 11.5 Å². The number of nitrogens with zero attached hydrogens (tertiary/aromatic N) is 1. The molecule has 2 aromatic rings. The molecule has 0 aliphatic rings. The monoisotopic (exact) mass is 405 g/mol. The summed E-state index contributed by atoms with van der Waals surface area (Å²) in [4.78, 5) is 23.9. The molecule has 28 heavy (non-hydrogen) atoms. The molecule has 2 rings (SSSR count). The van der Waals surface area contributed by atoms with E-state index in [-0.39, 0.29) is 0 Å². The fourth-order valence-electron chi connectivity index (χ4n) is 2.31. The molecule has 0 saturated carbocycles. The molecule has 8 nitrogen and oxygen atoms in total. The predicted octanol–water partition coefficient (Wildman–Crippen LogP) is 2.76. The van der Waals surface area contributed by atoms with Crippen molar-refractivity contribution >= 4 is 35.3 Å². The number of benzene rings is 2. The fraction of sp³-hybridized carbons (Fsp3) is 0.211. The minimum absolute atomic E-state index is 0.433. The SMILES string of the molecule is COc1cc(/C=N\NC(=O)C(=O)Nc2cccc(Cl)c2C)cc(OC)c1OC. The molecular weight excluding hydrogens is 386 g/mol. The van der Waals surface area contributed by atoms with Gasteiger partial charge < -0.3 is 19.5 Å². The normalized spacial score (nSPS) is 10.5. The zero-order chi connectivity index (χ0) is 20.7. The van der Waals surface area contributed by atoms with E-state index in [0.29, 0.717) is 39.1 Å². The van der Waals surface area contributed by atoms with Crippen LogP contribution >= 0.6 is 11.6 Å². The summed E-state index contributed by atoms with van der Waals surface area (Å²) < 4.78 is 15.7. The van der Waals surface area contributed by atoms with E-state index in [4.69, 9.17) is 25.8 Å².